The third-order valence-electron chi connectivity index (χ3n) is 4.15. The van der Waals surface area contributed by atoms with Gasteiger partial charge in [-0.15, -0.1) is 11.3 Å². The van der Waals surface area contributed by atoms with Gasteiger partial charge >= 0.3 is 12.1 Å². The van der Waals surface area contributed by atoms with Crippen molar-refractivity contribution in [2.45, 2.75) is 39.9 Å². The number of esters is 1. The lowest BCUT2D eigenvalue weighted by molar-refractivity contribution is -0.115. The maximum atomic E-state index is 12.5. The van der Waals surface area contributed by atoms with Gasteiger partial charge in [0.05, 0.1) is 16.9 Å². The van der Waals surface area contributed by atoms with Crippen molar-refractivity contribution in [2.75, 3.05) is 10.2 Å². The van der Waals surface area contributed by atoms with Crippen LogP contribution in [0.15, 0.2) is 60.0 Å². The predicted octanol–water partition coefficient (Wildman–Crippen LogP) is 5.53. The molecule has 0 spiro atoms. The molecular weight excluding hydrogens is 442 g/mol. The Labute approximate surface area is 196 Å². The maximum absolute atomic E-state index is 12.5. The highest BCUT2D eigenvalue weighted by molar-refractivity contribution is 7.14. The number of nitrogens with one attached hydrogen (secondary N) is 1. The molecule has 0 saturated carbocycles. The van der Waals surface area contributed by atoms with Crippen LogP contribution in [-0.4, -0.2) is 28.6 Å². The molecule has 1 aromatic heterocycles. The quantitative estimate of drug-likeness (QED) is 0.479. The first kappa shape index (κ1) is 23.9. The molecule has 8 nitrogen and oxygen atoms in total. The number of aromatic nitrogens is 1. The number of para-hydroxylation sites is 1. The summed E-state index contributed by atoms with van der Waals surface area (Å²) in [6.07, 6.45) is -0.614. The van der Waals surface area contributed by atoms with E-state index in [0.717, 1.165) is 0 Å². The van der Waals surface area contributed by atoms with Gasteiger partial charge in [-0.05, 0) is 51.1 Å². The van der Waals surface area contributed by atoms with Crippen LogP contribution in [-0.2, 0) is 20.9 Å². The Balaban J connectivity index is 1.63. The molecule has 1 N–H and O–H groups in total. The van der Waals surface area contributed by atoms with Crippen LogP contribution in [0.2, 0.25) is 0 Å². The number of benzene rings is 2. The van der Waals surface area contributed by atoms with E-state index in [1.807, 2.05) is 30.3 Å². The van der Waals surface area contributed by atoms with Crippen LogP contribution in [0.4, 0.5) is 21.3 Å². The largest absolute Gasteiger partial charge is 0.456 e. The van der Waals surface area contributed by atoms with Crippen LogP contribution in [0.3, 0.4) is 0 Å². The molecule has 9 heteroatoms. The monoisotopic (exact) mass is 467 g/mol. The highest BCUT2D eigenvalue weighted by atomic mass is 32.1. The van der Waals surface area contributed by atoms with E-state index in [2.05, 4.69) is 10.3 Å². The number of carbonyl (C=O) groups excluding carboxylic acids is 3. The Morgan fingerprint density at radius 1 is 1.06 bits per heavy atom. The Bertz CT molecular complexity index is 1140. The second-order valence-corrected chi connectivity index (χ2v) is 8.93. The van der Waals surface area contributed by atoms with E-state index in [9.17, 15) is 14.4 Å². The Kier molecular flexibility index (Phi) is 7.44. The minimum atomic E-state index is -0.633. The number of amides is 2. The first-order valence-corrected chi connectivity index (χ1v) is 11.1. The molecule has 0 fully saturated rings. The van der Waals surface area contributed by atoms with Crippen molar-refractivity contribution >= 4 is 45.8 Å². The number of anilines is 3. The van der Waals surface area contributed by atoms with E-state index < -0.39 is 17.7 Å². The fourth-order valence-electron chi connectivity index (χ4n) is 2.84. The minimum Gasteiger partial charge on any atom is -0.456 e. The molecule has 0 aliphatic rings. The van der Waals surface area contributed by atoms with Crippen LogP contribution in [0, 0.1) is 0 Å². The molecule has 0 bridgehead atoms. The summed E-state index contributed by atoms with van der Waals surface area (Å²) in [4.78, 5) is 42.5. The topological polar surface area (TPSA) is 97.8 Å². The van der Waals surface area contributed by atoms with Gasteiger partial charge in [-0.2, -0.15) is 0 Å². The Hall–Kier alpha value is -3.72. The van der Waals surface area contributed by atoms with Crippen molar-refractivity contribution in [3.63, 3.8) is 0 Å². The van der Waals surface area contributed by atoms with Crippen molar-refractivity contribution in [2.24, 2.45) is 0 Å². The highest BCUT2D eigenvalue weighted by Crippen LogP contribution is 2.29. The third kappa shape index (κ3) is 6.88. The van der Waals surface area contributed by atoms with E-state index in [0.29, 0.717) is 22.2 Å². The number of nitrogens with zero attached hydrogens (tertiary/aromatic N) is 2. The van der Waals surface area contributed by atoms with Crippen LogP contribution in [0.1, 0.15) is 43.7 Å². The molecule has 0 unspecified atom stereocenters. The number of thiazole rings is 1. The fraction of sp³-hybridized carbons (Fsp3) is 0.250. The first-order chi connectivity index (χ1) is 15.6. The Morgan fingerprint density at radius 3 is 2.45 bits per heavy atom. The number of hydrogen-bond donors (Lipinski definition) is 1. The van der Waals surface area contributed by atoms with Gasteiger partial charge in [0.25, 0.3) is 0 Å². The van der Waals surface area contributed by atoms with Gasteiger partial charge in [0.2, 0.25) is 5.91 Å². The summed E-state index contributed by atoms with van der Waals surface area (Å²) in [6, 6.07) is 15.6. The van der Waals surface area contributed by atoms with Crippen molar-refractivity contribution in [3.8, 4) is 0 Å². The second kappa shape index (κ2) is 10.3. The van der Waals surface area contributed by atoms with Gasteiger partial charge in [-0.3, -0.25) is 15.0 Å². The molecule has 3 aromatic rings. The molecule has 0 radical (unpaired) electrons. The fourth-order valence-corrected chi connectivity index (χ4v) is 3.71. The molecule has 1 heterocycles. The molecule has 2 amide bonds. The van der Waals surface area contributed by atoms with Gasteiger partial charge in [0.15, 0.2) is 5.13 Å². The summed E-state index contributed by atoms with van der Waals surface area (Å²) in [5.41, 5.74) is 1.28. The molecule has 0 aliphatic heterocycles. The predicted molar refractivity (Wildman–Crippen MR) is 127 cm³/mol. The zero-order valence-corrected chi connectivity index (χ0v) is 19.6. The molecule has 2 aromatic carbocycles. The average molecular weight is 468 g/mol. The summed E-state index contributed by atoms with van der Waals surface area (Å²) in [7, 11) is 0. The maximum Gasteiger partial charge on any atom is 0.412 e. The lowest BCUT2D eigenvalue weighted by Gasteiger charge is -2.19. The van der Waals surface area contributed by atoms with E-state index in [1.54, 1.807) is 44.4 Å². The third-order valence-corrected chi connectivity index (χ3v) is 5.03. The number of hydrogen-bond acceptors (Lipinski definition) is 7. The molecule has 172 valence electrons. The molecular formula is C24H25N3O5S. The molecule has 0 aliphatic carbocycles. The smallest absolute Gasteiger partial charge is 0.412 e. The summed E-state index contributed by atoms with van der Waals surface area (Å²) in [6.45, 7) is 6.70. The number of rotatable bonds is 6. The molecule has 0 atom stereocenters. The second-order valence-electron chi connectivity index (χ2n) is 8.10. The normalized spacial score (nSPS) is 10.9. The van der Waals surface area contributed by atoms with Gasteiger partial charge in [-0.25, -0.2) is 14.6 Å². The van der Waals surface area contributed by atoms with E-state index in [1.165, 1.54) is 29.2 Å². The van der Waals surface area contributed by atoms with Crippen molar-refractivity contribution < 1.29 is 23.9 Å². The zero-order valence-electron chi connectivity index (χ0n) is 18.8. The zero-order chi connectivity index (χ0) is 24.0. The number of ether oxygens (including phenoxy) is 2. The highest BCUT2D eigenvalue weighted by Gasteiger charge is 2.19. The lowest BCUT2D eigenvalue weighted by Crippen LogP contribution is -2.27. The Morgan fingerprint density at radius 2 is 1.79 bits per heavy atom. The first-order valence-electron chi connectivity index (χ1n) is 10.2. The summed E-state index contributed by atoms with van der Waals surface area (Å²) in [5, 5.41) is 4.82. The van der Waals surface area contributed by atoms with Crippen molar-refractivity contribution in [1.82, 2.24) is 4.98 Å². The standard InChI is InChI=1S/C24H25N3O5S/c1-16(28)27(20-11-6-5-7-12-20)22-25-19(15-33-22)14-31-21(29)17-9-8-10-18(13-17)26-23(30)32-24(2,3)4/h5-13,15H,14H2,1-4H3,(H,26,30). The summed E-state index contributed by atoms with van der Waals surface area (Å²) >= 11 is 1.28. The van der Waals surface area contributed by atoms with E-state index in [-0.39, 0.29) is 18.1 Å². The van der Waals surface area contributed by atoms with Crippen molar-refractivity contribution in [1.29, 1.82) is 0 Å². The van der Waals surface area contributed by atoms with Crippen LogP contribution in [0.25, 0.3) is 0 Å². The van der Waals surface area contributed by atoms with Crippen LogP contribution < -0.4 is 10.2 Å². The van der Waals surface area contributed by atoms with Gasteiger partial charge < -0.3 is 9.47 Å². The lowest BCUT2D eigenvalue weighted by atomic mass is 10.2. The summed E-state index contributed by atoms with van der Waals surface area (Å²) in [5.74, 6) is -0.739. The average Bonchev–Trinajstić information content (AvgIpc) is 3.19. The van der Waals surface area contributed by atoms with Gasteiger partial charge in [-0.1, -0.05) is 24.3 Å². The van der Waals surface area contributed by atoms with Crippen LogP contribution in [0.5, 0.6) is 0 Å². The van der Waals surface area contributed by atoms with Crippen molar-refractivity contribution in [3.05, 3.63) is 71.2 Å². The van der Waals surface area contributed by atoms with Gasteiger partial charge in [0.1, 0.15) is 12.2 Å². The molecule has 33 heavy (non-hydrogen) atoms. The molecule has 0 saturated heterocycles. The number of carbonyl (C=O) groups is 3. The minimum absolute atomic E-state index is 0.0560. The molecule has 3 rings (SSSR count). The van der Waals surface area contributed by atoms with Crippen LogP contribution >= 0.6 is 11.3 Å². The van der Waals surface area contributed by atoms with Gasteiger partial charge in [0, 0.05) is 18.0 Å². The van der Waals surface area contributed by atoms with E-state index in [4.69, 9.17) is 9.47 Å². The van der Waals surface area contributed by atoms with E-state index >= 15 is 0 Å². The SMILES string of the molecule is CC(=O)N(c1ccccc1)c1nc(COC(=O)c2cccc(NC(=O)OC(C)(C)C)c2)cs1. The summed E-state index contributed by atoms with van der Waals surface area (Å²) < 4.78 is 10.6.